The zero-order valence-corrected chi connectivity index (χ0v) is 10.4. The standard InChI is InChI=1S/C12H16N2OS/c1-9-8-16-11-6-4-3-5-10(11)14(9)12(15)7-13-2/h3-6,9,13H,7-8H2,1-2H3. The molecule has 1 heterocycles. The largest absolute Gasteiger partial charge is 0.311 e. The molecule has 1 unspecified atom stereocenters. The average molecular weight is 236 g/mol. The topological polar surface area (TPSA) is 32.3 Å². The van der Waals surface area contributed by atoms with Crippen molar-refractivity contribution in [2.75, 3.05) is 24.2 Å². The predicted octanol–water partition coefficient (Wildman–Crippen LogP) is 1.73. The molecule has 1 amide bonds. The van der Waals surface area contributed by atoms with Gasteiger partial charge in [-0.25, -0.2) is 0 Å². The van der Waals surface area contributed by atoms with Crippen molar-refractivity contribution in [1.29, 1.82) is 0 Å². The van der Waals surface area contributed by atoms with Crippen LogP contribution in [0.25, 0.3) is 0 Å². The van der Waals surface area contributed by atoms with E-state index in [0.717, 1.165) is 11.4 Å². The Kier molecular flexibility index (Phi) is 3.51. The minimum absolute atomic E-state index is 0.141. The van der Waals surface area contributed by atoms with Gasteiger partial charge in [-0.05, 0) is 26.1 Å². The van der Waals surface area contributed by atoms with Crippen molar-refractivity contribution in [3.63, 3.8) is 0 Å². The van der Waals surface area contributed by atoms with Gasteiger partial charge in [-0.15, -0.1) is 11.8 Å². The fraction of sp³-hybridized carbons (Fsp3) is 0.417. The van der Waals surface area contributed by atoms with E-state index >= 15 is 0 Å². The second-order valence-electron chi connectivity index (χ2n) is 3.92. The number of hydrogen-bond acceptors (Lipinski definition) is 3. The molecular weight excluding hydrogens is 220 g/mol. The van der Waals surface area contributed by atoms with Crippen molar-refractivity contribution in [3.05, 3.63) is 24.3 Å². The maximum absolute atomic E-state index is 12.0. The fourth-order valence-electron chi connectivity index (χ4n) is 1.92. The summed E-state index contributed by atoms with van der Waals surface area (Å²) in [6.45, 7) is 2.49. The van der Waals surface area contributed by atoms with Crippen molar-refractivity contribution >= 4 is 23.4 Å². The van der Waals surface area contributed by atoms with Crippen molar-refractivity contribution < 1.29 is 4.79 Å². The maximum Gasteiger partial charge on any atom is 0.241 e. The summed E-state index contributed by atoms with van der Waals surface area (Å²) in [6, 6.07) is 8.36. The fourth-order valence-corrected chi connectivity index (χ4v) is 2.98. The SMILES string of the molecule is CNCC(=O)N1c2ccccc2SCC1C. The first-order chi connectivity index (χ1) is 7.74. The van der Waals surface area contributed by atoms with E-state index in [-0.39, 0.29) is 11.9 Å². The Morgan fingerprint density at radius 2 is 2.31 bits per heavy atom. The van der Waals surface area contributed by atoms with Gasteiger partial charge in [0.15, 0.2) is 0 Å². The number of benzene rings is 1. The molecule has 1 aliphatic heterocycles. The molecule has 0 fully saturated rings. The van der Waals surface area contributed by atoms with E-state index in [2.05, 4.69) is 18.3 Å². The molecule has 4 heteroatoms. The maximum atomic E-state index is 12.0. The number of para-hydroxylation sites is 1. The molecule has 0 saturated carbocycles. The number of nitrogens with one attached hydrogen (secondary N) is 1. The summed E-state index contributed by atoms with van der Waals surface area (Å²) < 4.78 is 0. The molecule has 0 bridgehead atoms. The monoisotopic (exact) mass is 236 g/mol. The van der Waals surface area contributed by atoms with Crippen molar-refractivity contribution in [1.82, 2.24) is 5.32 Å². The predicted molar refractivity (Wildman–Crippen MR) is 68.0 cm³/mol. The van der Waals surface area contributed by atoms with Gasteiger partial charge in [0.1, 0.15) is 0 Å². The Balaban J connectivity index is 2.33. The van der Waals surface area contributed by atoms with Crippen molar-refractivity contribution in [2.45, 2.75) is 17.9 Å². The molecule has 0 aliphatic carbocycles. The molecule has 1 aromatic rings. The number of rotatable bonds is 2. The summed E-state index contributed by atoms with van der Waals surface area (Å²) in [4.78, 5) is 15.1. The Labute approximate surface area is 100 Å². The van der Waals surface area contributed by atoms with Crippen LogP contribution in [0.2, 0.25) is 0 Å². The smallest absolute Gasteiger partial charge is 0.241 e. The van der Waals surface area contributed by atoms with Crippen LogP contribution >= 0.6 is 11.8 Å². The minimum atomic E-state index is 0.141. The van der Waals surface area contributed by atoms with Crippen LogP contribution in [0.4, 0.5) is 5.69 Å². The number of likely N-dealkylation sites (N-methyl/N-ethyl adjacent to an activating group) is 1. The highest BCUT2D eigenvalue weighted by Gasteiger charge is 2.27. The highest BCUT2D eigenvalue weighted by atomic mass is 32.2. The number of fused-ring (bicyclic) bond motifs is 1. The molecule has 1 N–H and O–H groups in total. The van der Waals surface area contributed by atoms with E-state index in [9.17, 15) is 4.79 Å². The third kappa shape index (κ3) is 2.08. The lowest BCUT2D eigenvalue weighted by Gasteiger charge is -2.34. The van der Waals surface area contributed by atoms with Crippen LogP contribution in [-0.2, 0) is 4.79 Å². The van der Waals surface area contributed by atoms with Crippen LogP contribution in [0.1, 0.15) is 6.92 Å². The zero-order valence-electron chi connectivity index (χ0n) is 9.56. The van der Waals surface area contributed by atoms with Gasteiger partial charge in [0, 0.05) is 16.7 Å². The number of amides is 1. The molecule has 0 saturated heterocycles. The third-order valence-corrected chi connectivity index (χ3v) is 3.95. The molecule has 16 heavy (non-hydrogen) atoms. The molecule has 2 rings (SSSR count). The molecule has 1 atom stereocenters. The summed E-state index contributed by atoms with van der Waals surface area (Å²) in [5.74, 6) is 1.11. The van der Waals surface area contributed by atoms with Crippen LogP contribution in [0.15, 0.2) is 29.2 Å². The quantitative estimate of drug-likeness (QED) is 0.849. The van der Waals surface area contributed by atoms with E-state index < -0.39 is 0 Å². The highest BCUT2D eigenvalue weighted by molar-refractivity contribution is 7.99. The summed E-state index contributed by atoms with van der Waals surface area (Å²) in [5, 5.41) is 2.92. The van der Waals surface area contributed by atoms with Gasteiger partial charge >= 0.3 is 0 Å². The second-order valence-corrected chi connectivity index (χ2v) is 4.98. The third-order valence-electron chi connectivity index (χ3n) is 2.64. The zero-order chi connectivity index (χ0) is 11.5. The number of nitrogens with zero attached hydrogens (tertiary/aromatic N) is 1. The van der Waals surface area contributed by atoms with Gasteiger partial charge in [-0.3, -0.25) is 4.79 Å². The lowest BCUT2D eigenvalue weighted by Crippen LogP contribution is -2.46. The molecule has 0 radical (unpaired) electrons. The molecule has 86 valence electrons. The summed E-state index contributed by atoms with van der Waals surface area (Å²) in [7, 11) is 1.80. The van der Waals surface area contributed by atoms with Crippen molar-refractivity contribution in [2.24, 2.45) is 0 Å². The molecule has 0 spiro atoms. The lowest BCUT2D eigenvalue weighted by atomic mass is 10.2. The van der Waals surface area contributed by atoms with E-state index in [1.807, 2.05) is 34.9 Å². The van der Waals surface area contributed by atoms with Crippen LogP contribution in [-0.4, -0.2) is 31.3 Å². The number of hydrogen-bond donors (Lipinski definition) is 1. The first kappa shape index (κ1) is 11.5. The first-order valence-corrected chi connectivity index (χ1v) is 6.41. The van der Waals surface area contributed by atoms with Gasteiger partial charge in [0.2, 0.25) is 5.91 Å². The Hall–Kier alpha value is -1.00. The van der Waals surface area contributed by atoms with Gasteiger partial charge in [-0.2, -0.15) is 0 Å². The van der Waals surface area contributed by atoms with Gasteiger partial charge in [0.25, 0.3) is 0 Å². The lowest BCUT2D eigenvalue weighted by molar-refractivity contribution is -0.118. The summed E-state index contributed by atoms with van der Waals surface area (Å²) in [6.07, 6.45) is 0. The number of thioether (sulfide) groups is 1. The second kappa shape index (κ2) is 4.89. The van der Waals surface area contributed by atoms with Crippen LogP contribution < -0.4 is 10.2 Å². The summed E-state index contributed by atoms with van der Waals surface area (Å²) in [5.41, 5.74) is 1.05. The minimum Gasteiger partial charge on any atom is -0.311 e. The Bertz CT molecular complexity index is 394. The summed E-state index contributed by atoms with van der Waals surface area (Å²) >= 11 is 1.82. The molecule has 3 nitrogen and oxygen atoms in total. The van der Waals surface area contributed by atoms with Gasteiger partial charge in [0.05, 0.1) is 12.2 Å². The van der Waals surface area contributed by atoms with Crippen molar-refractivity contribution in [3.8, 4) is 0 Å². The molecule has 0 aromatic heterocycles. The Morgan fingerprint density at radius 3 is 3.06 bits per heavy atom. The van der Waals surface area contributed by atoms with Crippen LogP contribution in [0, 0.1) is 0 Å². The van der Waals surface area contributed by atoms with E-state index in [0.29, 0.717) is 6.54 Å². The van der Waals surface area contributed by atoms with E-state index in [4.69, 9.17) is 0 Å². The Morgan fingerprint density at radius 1 is 1.56 bits per heavy atom. The van der Waals surface area contributed by atoms with Crippen LogP contribution in [0.5, 0.6) is 0 Å². The number of carbonyl (C=O) groups is 1. The molecule has 1 aliphatic rings. The normalized spacial score (nSPS) is 19.4. The van der Waals surface area contributed by atoms with E-state index in [1.165, 1.54) is 4.90 Å². The van der Waals surface area contributed by atoms with E-state index in [1.54, 1.807) is 7.05 Å². The first-order valence-electron chi connectivity index (χ1n) is 5.42. The number of carbonyl (C=O) groups excluding carboxylic acids is 1. The average Bonchev–Trinajstić information content (AvgIpc) is 2.29. The number of anilines is 1. The molecule has 1 aromatic carbocycles. The highest BCUT2D eigenvalue weighted by Crippen LogP contribution is 2.36. The van der Waals surface area contributed by atoms with Crippen LogP contribution in [0.3, 0.4) is 0 Å². The van der Waals surface area contributed by atoms with Gasteiger partial charge < -0.3 is 10.2 Å². The molecular formula is C12H16N2OS. The van der Waals surface area contributed by atoms with Gasteiger partial charge in [-0.1, -0.05) is 12.1 Å².